The van der Waals surface area contributed by atoms with Crippen molar-refractivity contribution < 1.29 is 18.1 Å². The van der Waals surface area contributed by atoms with Crippen molar-refractivity contribution in [3.63, 3.8) is 0 Å². The van der Waals surface area contributed by atoms with Crippen molar-refractivity contribution in [1.29, 1.82) is 0 Å². The Kier molecular flexibility index (Phi) is 5.72. The maximum atomic E-state index is 10.4. The first kappa shape index (κ1) is 14.8. The number of hydrogen-bond donors (Lipinski definition) is 3. The van der Waals surface area contributed by atoms with Crippen molar-refractivity contribution >= 4 is 10.1 Å². The Balaban J connectivity index is 3.63. The summed E-state index contributed by atoms with van der Waals surface area (Å²) in [5.41, 5.74) is -0.678. The van der Waals surface area contributed by atoms with Crippen molar-refractivity contribution in [3.05, 3.63) is 0 Å². The van der Waals surface area contributed by atoms with Crippen LogP contribution in [0.5, 0.6) is 0 Å². The maximum absolute atomic E-state index is 10.4. The highest BCUT2D eigenvalue weighted by Crippen LogP contribution is 2.12. The Bertz CT molecular complexity index is 268. The van der Waals surface area contributed by atoms with Gasteiger partial charge in [0.05, 0.1) is 5.60 Å². The molecular formula is C9H21NO4S. The van der Waals surface area contributed by atoms with Gasteiger partial charge >= 0.3 is 0 Å². The lowest BCUT2D eigenvalue weighted by atomic mass is 10.00. The quantitative estimate of drug-likeness (QED) is 0.571. The van der Waals surface area contributed by atoms with Crippen LogP contribution in [-0.4, -0.2) is 35.6 Å². The standard InChI is InChI=1S/C9H21NO4S/c1-8(10-7-15(12,13)14)5-4-6-9(2,3)11/h8,10-11H,4-7H2,1-3H3,(H,12,13,14). The second-order valence-corrected chi connectivity index (χ2v) is 5.99. The zero-order chi connectivity index (χ0) is 12.1. The Hall–Kier alpha value is -0.170. The van der Waals surface area contributed by atoms with Gasteiger partial charge < -0.3 is 5.11 Å². The normalized spacial score (nSPS) is 15.3. The first-order valence-corrected chi connectivity index (χ1v) is 6.62. The number of hydrogen-bond acceptors (Lipinski definition) is 4. The molecule has 5 nitrogen and oxygen atoms in total. The summed E-state index contributed by atoms with van der Waals surface area (Å²) in [5, 5.41) is 12.1. The summed E-state index contributed by atoms with van der Waals surface area (Å²) in [6, 6.07) is 0.00859. The predicted octanol–water partition coefficient (Wildman–Crippen LogP) is 0.751. The smallest absolute Gasteiger partial charge is 0.278 e. The molecule has 0 aliphatic rings. The van der Waals surface area contributed by atoms with Gasteiger partial charge in [-0.25, -0.2) is 0 Å². The molecule has 0 bridgehead atoms. The van der Waals surface area contributed by atoms with Crippen molar-refractivity contribution in [2.45, 2.75) is 51.7 Å². The monoisotopic (exact) mass is 239 g/mol. The Morgan fingerprint density at radius 3 is 2.33 bits per heavy atom. The van der Waals surface area contributed by atoms with Gasteiger partial charge in [0.25, 0.3) is 10.1 Å². The minimum atomic E-state index is -3.93. The molecule has 0 amide bonds. The highest BCUT2D eigenvalue weighted by atomic mass is 32.2. The van der Waals surface area contributed by atoms with Crippen LogP contribution in [-0.2, 0) is 10.1 Å². The molecule has 0 rings (SSSR count). The SMILES string of the molecule is CC(CCCC(C)(C)O)NCS(=O)(=O)O. The molecule has 0 saturated carbocycles. The summed E-state index contributed by atoms with van der Waals surface area (Å²) in [7, 11) is -3.93. The molecule has 0 saturated heterocycles. The van der Waals surface area contributed by atoms with Gasteiger partial charge in [0.2, 0.25) is 0 Å². The van der Waals surface area contributed by atoms with E-state index in [9.17, 15) is 13.5 Å². The van der Waals surface area contributed by atoms with E-state index < -0.39 is 21.6 Å². The lowest BCUT2D eigenvalue weighted by Crippen LogP contribution is -2.31. The van der Waals surface area contributed by atoms with E-state index in [1.54, 1.807) is 13.8 Å². The minimum Gasteiger partial charge on any atom is -0.390 e. The summed E-state index contributed by atoms with van der Waals surface area (Å²) in [6.45, 7) is 5.32. The molecule has 0 aromatic heterocycles. The van der Waals surface area contributed by atoms with E-state index >= 15 is 0 Å². The highest BCUT2D eigenvalue weighted by Gasteiger charge is 2.13. The van der Waals surface area contributed by atoms with Crippen molar-refractivity contribution in [2.75, 3.05) is 5.88 Å². The molecule has 6 heteroatoms. The first-order chi connectivity index (χ1) is 6.60. The van der Waals surface area contributed by atoms with Crippen molar-refractivity contribution in [1.82, 2.24) is 5.32 Å². The molecule has 0 aromatic carbocycles. The molecule has 0 heterocycles. The molecule has 3 N–H and O–H groups in total. The average Bonchev–Trinajstić information content (AvgIpc) is 1.97. The van der Waals surface area contributed by atoms with E-state index in [2.05, 4.69) is 5.32 Å². The molecule has 0 aliphatic carbocycles. The third-order valence-corrected chi connectivity index (χ3v) is 2.57. The van der Waals surface area contributed by atoms with Gasteiger partial charge in [0.15, 0.2) is 0 Å². The minimum absolute atomic E-state index is 0.00859. The number of nitrogens with one attached hydrogen (secondary N) is 1. The fourth-order valence-corrected chi connectivity index (χ4v) is 1.69. The molecule has 0 aromatic rings. The molecule has 1 unspecified atom stereocenters. The summed E-state index contributed by atoms with van der Waals surface area (Å²) in [6.07, 6.45) is 2.24. The van der Waals surface area contributed by atoms with E-state index in [1.807, 2.05) is 6.92 Å². The molecule has 0 spiro atoms. The molecule has 0 aliphatic heterocycles. The van der Waals surface area contributed by atoms with Crippen LogP contribution >= 0.6 is 0 Å². The van der Waals surface area contributed by atoms with Crippen molar-refractivity contribution in [3.8, 4) is 0 Å². The second kappa shape index (κ2) is 5.79. The van der Waals surface area contributed by atoms with Gasteiger partial charge in [0.1, 0.15) is 5.88 Å². The number of rotatable bonds is 7. The maximum Gasteiger partial charge on any atom is 0.278 e. The molecular weight excluding hydrogens is 218 g/mol. The predicted molar refractivity (Wildman–Crippen MR) is 59.2 cm³/mol. The van der Waals surface area contributed by atoms with E-state index in [-0.39, 0.29) is 6.04 Å². The molecule has 1 atom stereocenters. The van der Waals surface area contributed by atoms with Crippen LogP contribution in [0.4, 0.5) is 0 Å². The van der Waals surface area contributed by atoms with Gasteiger partial charge in [-0.2, -0.15) is 8.42 Å². The van der Waals surface area contributed by atoms with E-state index in [4.69, 9.17) is 4.55 Å². The van der Waals surface area contributed by atoms with Gasteiger partial charge in [-0.3, -0.25) is 9.87 Å². The first-order valence-electron chi connectivity index (χ1n) is 5.01. The van der Waals surface area contributed by atoms with Gasteiger partial charge in [-0.1, -0.05) is 0 Å². The largest absolute Gasteiger partial charge is 0.390 e. The highest BCUT2D eigenvalue weighted by molar-refractivity contribution is 7.85. The lowest BCUT2D eigenvalue weighted by Gasteiger charge is -2.18. The van der Waals surface area contributed by atoms with Crippen LogP contribution in [0.15, 0.2) is 0 Å². The zero-order valence-electron chi connectivity index (χ0n) is 9.52. The Morgan fingerprint density at radius 2 is 1.93 bits per heavy atom. The Morgan fingerprint density at radius 1 is 1.40 bits per heavy atom. The third-order valence-electron chi connectivity index (χ3n) is 2.04. The molecule has 92 valence electrons. The zero-order valence-corrected chi connectivity index (χ0v) is 10.3. The van der Waals surface area contributed by atoms with Crippen molar-refractivity contribution in [2.24, 2.45) is 0 Å². The third kappa shape index (κ3) is 11.8. The summed E-state index contributed by atoms with van der Waals surface area (Å²) >= 11 is 0. The van der Waals surface area contributed by atoms with Crippen LogP contribution in [0.1, 0.15) is 40.0 Å². The summed E-state index contributed by atoms with van der Waals surface area (Å²) in [5.74, 6) is -0.420. The molecule has 0 radical (unpaired) electrons. The Labute approximate surface area is 91.6 Å². The second-order valence-electron chi connectivity index (χ2n) is 4.54. The van der Waals surface area contributed by atoms with E-state index in [0.717, 1.165) is 12.8 Å². The van der Waals surface area contributed by atoms with Gasteiger partial charge in [-0.05, 0) is 40.0 Å². The van der Waals surface area contributed by atoms with Crippen LogP contribution in [0.2, 0.25) is 0 Å². The molecule has 0 fully saturated rings. The van der Waals surface area contributed by atoms with Gasteiger partial charge in [-0.15, -0.1) is 0 Å². The lowest BCUT2D eigenvalue weighted by molar-refractivity contribution is 0.0675. The van der Waals surface area contributed by atoms with E-state index in [1.165, 1.54) is 0 Å². The van der Waals surface area contributed by atoms with Crippen LogP contribution in [0.3, 0.4) is 0 Å². The van der Waals surface area contributed by atoms with Crippen LogP contribution < -0.4 is 5.32 Å². The van der Waals surface area contributed by atoms with Crippen LogP contribution in [0.25, 0.3) is 0 Å². The van der Waals surface area contributed by atoms with E-state index in [0.29, 0.717) is 6.42 Å². The number of aliphatic hydroxyl groups is 1. The fraction of sp³-hybridized carbons (Fsp3) is 1.00. The summed E-state index contributed by atoms with van der Waals surface area (Å²) < 4.78 is 29.3. The fourth-order valence-electron chi connectivity index (χ4n) is 1.19. The van der Waals surface area contributed by atoms with Crippen LogP contribution in [0, 0.1) is 0 Å². The molecule has 15 heavy (non-hydrogen) atoms. The average molecular weight is 239 g/mol. The topological polar surface area (TPSA) is 86.6 Å². The summed E-state index contributed by atoms with van der Waals surface area (Å²) in [4.78, 5) is 0. The van der Waals surface area contributed by atoms with Gasteiger partial charge in [0, 0.05) is 6.04 Å².